The summed E-state index contributed by atoms with van der Waals surface area (Å²) >= 11 is 0. The van der Waals surface area contributed by atoms with Crippen LogP contribution in [-0.4, -0.2) is 86.8 Å². The van der Waals surface area contributed by atoms with E-state index < -0.39 is 0 Å². The van der Waals surface area contributed by atoms with Crippen LogP contribution in [0.5, 0.6) is 0 Å². The molecule has 110 valence electrons. The van der Waals surface area contributed by atoms with Crippen LogP contribution in [0.4, 0.5) is 0 Å². The van der Waals surface area contributed by atoms with Crippen molar-refractivity contribution in [1.29, 1.82) is 0 Å². The molecule has 0 aliphatic heterocycles. The van der Waals surface area contributed by atoms with Crippen LogP contribution in [0.2, 0.25) is 0 Å². The first-order chi connectivity index (χ1) is 8.60. The second-order valence-corrected chi connectivity index (χ2v) is 5.34. The van der Waals surface area contributed by atoms with Crippen LogP contribution in [0.25, 0.3) is 0 Å². The quantitative estimate of drug-likeness (QED) is 0.565. The summed E-state index contributed by atoms with van der Waals surface area (Å²) in [5, 5.41) is 8.80. The third-order valence-electron chi connectivity index (χ3n) is 3.25. The largest absolute Gasteiger partial charge is 0.395 e. The molecule has 0 aromatic carbocycles. The molecule has 0 atom stereocenters. The first-order valence-corrected chi connectivity index (χ1v) is 7.26. The number of aliphatic hydroxyl groups is 1. The van der Waals surface area contributed by atoms with Crippen molar-refractivity contribution in [3.63, 3.8) is 0 Å². The van der Waals surface area contributed by atoms with Gasteiger partial charge in [-0.2, -0.15) is 0 Å². The molecule has 0 aliphatic carbocycles. The monoisotopic (exact) mass is 259 g/mol. The van der Waals surface area contributed by atoms with E-state index in [1.165, 1.54) is 38.9 Å². The van der Waals surface area contributed by atoms with Crippen LogP contribution in [0.3, 0.4) is 0 Å². The van der Waals surface area contributed by atoms with Crippen molar-refractivity contribution < 1.29 is 5.11 Å². The van der Waals surface area contributed by atoms with E-state index in [1.54, 1.807) is 0 Å². The van der Waals surface area contributed by atoms with E-state index in [9.17, 15) is 0 Å². The van der Waals surface area contributed by atoms with Gasteiger partial charge in [0, 0.05) is 6.54 Å². The number of rotatable bonds is 12. The molecule has 0 heterocycles. The average molecular weight is 259 g/mol. The summed E-state index contributed by atoms with van der Waals surface area (Å²) in [5.74, 6) is 0. The van der Waals surface area contributed by atoms with Crippen molar-refractivity contribution in [2.24, 2.45) is 0 Å². The molecule has 0 spiro atoms. The lowest BCUT2D eigenvalue weighted by molar-refractivity contribution is 0.210. The highest BCUT2D eigenvalue weighted by molar-refractivity contribution is 4.58. The second kappa shape index (κ2) is 11.9. The van der Waals surface area contributed by atoms with Gasteiger partial charge in [-0.05, 0) is 73.1 Å². The summed E-state index contributed by atoms with van der Waals surface area (Å²) in [6.07, 6.45) is 3.67. The molecule has 0 fully saturated rings. The van der Waals surface area contributed by atoms with Crippen LogP contribution in [0.15, 0.2) is 0 Å². The number of hydrogen-bond acceptors (Lipinski definition) is 4. The predicted molar refractivity (Wildman–Crippen MR) is 79.1 cm³/mol. The van der Waals surface area contributed by atoms with Gasteiger partial charge in [0.1, 0.15) is 0 Å². The van der Waals surface area contributed by atoms with Crippen molar-refractivity contribution in [2.45, 2.75) is 26.2 Å². The van der Waals surface area contributed by atoms with Crippen LogP contribution in [0, 0.1) is 0 Å². The van der Waals surface area contributed by atoms with Crippen LogP contribution in [0.1, 0.15) is 26.2 Å². The highest BCUT2D eigenvalue weighted by Crippen LogP contribution is 1.95. The molecule has 0 bridgehead atoms. The zero-order valence-electron chi connectivity index (χ0n) is 12.9. The lowest BCUT2D eigenvalue weighted by atomic mass is 10.3. The van der Waals surface area contributed by atoms with Crippen molar-refractivity contribution in [2.75, 3.05) is 67.0 Å². The van der Waals surface area contributed by atoms with Crippen LogP contribution < -0.4 is 0 Å². The Morgan fingerprint density at radius 2 is 1.06 bits per heavy atom. The summed E-state index contributed by atoms with van der Waals surface area (Å²) in [5.41, 5.74) is 0. The third kappa shape index (κ3) is 11.0. The van der Waals surface area contributed by atoms with Gasteiger partial charge in [0.05, 0.1) is 6.61 Å². The Balaban J connectivity index is 3.39. The molecule has 0 aromatic rings. The highest BCUT2D eigenvalue weighted by atomic mass is 16.3. The van der Waals surface area contributed by atoms with E-state index in [0.29, 0.717) is 0 Å². The molecule has 0 amide bonds. The Kier molecular flexibility index (Phi) is 11.8. The molecule has 0 saturated carbocycles. The van der Waals surface area contributed by atoms with E-state index in [2.05, 4.69) is 42.8 Å². The molecule has 0 saturated heterocycles. The third-order valence-corrected chi connectivity index (χ3v) is 3.25. The molecule has 0 aromatic heterocycles. The molecule has 0 rings (SSSR count). The average Bonchev–Trinajstić information content (AvgIpc) is 2.29. The van der Waals surface area contributed by atoms with Gasteiger partial charge in [-0.1, -0.05) is 6.92 Å². The smallest absolute Gasteiger partial charge is 0.0558 e. The SMILES string of the molecule is CCCN(C)CCCN(C)CCCN(C)CCO. The highest BCUT2D eigenvalue weighted by Gasteiger charge is 2.02. The minimum Gasteiger partial charge on any atom is -0.395 e. The van der Waals surface area contributed by atoms with E-state index in [4.69, 9.17) is 5.11 Å². The van der Waals surface area contributed by atoms with Crippen molar-refractivity contribution in [3.05, 3.63) is 0 Å². The number of aliphatic hydroxyl groups excluding tert-OH is 1. The Morgan fingerprint density at radius 1 is 0.667 bits per heavy atom. The maximum absolute atomic E-state index is 8.80. The minimum absolute atomic E-state index is 0.260. The topological polar surface area (TPSA) is 30.0 Å². The van der Waals surface area contributed by atoms with Gasteiger partial charge < -0.3 is 19.8 Å². The normalized spacial score (nSPS) is 12.0. The van der Waals surface area contributed by atoms with E-state index in [0.717, 1.165) is 19.6 Å². The summed E-state index contributed by atoms with van der Waals surface area (Å²) in [6.45, 7) is 9.07. The lowest BCUT2D eigenvalue weighted by Crippen LogP contribution is -2.29. The van der Waals surface area contributed by atoms with Crippen molar-refractivity contribution in [1.82, 2.24) is 14.7 Å². The van der Waals surface area contributed by atoms with Gasteiger partial charge in [-0.15, -0.1) is 0 Å². The van der Waals surface area contributed by atoms with E-state index in [-0.39, 0.29) is 6.61 Å². The van der Waals surface area contributed by atoms with Crippen LogP contribution >= 0.6 is 0 Å². The van der Waals surface area contributed by atoms with Gasteiger partial charge >= 0.3 is 0 Å². The van der Waals surface area contributed by atoms with E-state index >= 15 is 0 Å². The standard InChI is InChI=1S/C14H33N3O/c1-5-8-15(2)9-6-10-16(3)11-7-12-17(4)13-14-18/h18H,5-14H2,1-4H3. The Labute approximate surface area is 114 Å². The van der Waals surface area contributed by atoms with Gasteiger partial charge in [-0.25, -0.2) is 0 Å². The van der Waals surface area contributed by atoms with E-state index in [1.807, 2.05) is 0 Å². The lowest BCUT2D eigenvalue weighted by Gasteiger charge is -2.21. The molecule has 0 unspecified atom stereocenters. The van der Waals surface area contributed by atoms with Gasteiger partial charge in [0.25, 0.3) is 0 Å². The minimum atomic E-state index is 0.260. The fourth-order valence-electron chi connectivity index (χ4n) is 2.11. The zero-order valence-corrected chi connectivity index (χ0v) is 12.9. The molecule has 4 nitrogen and oxygen atoms in total. The molecule has 0 aliphatic rings. The van der Waals surface area contributed by atoms with Crippen molar-refractivity contribution >= 4 is 0 Å². The number of nitrogens with zero attached hydrogens (tertiary/aromatic N) is 3. The molecule has 18 heavy (non-hydrogen) atoms. The fraction of sp³-hybridized carbons (Fsp3) is 1.00. The molecule has 1 N–H and O–H groups in total. The first kappa shape index (κ1) is 17.8. The Bertz CT molecular complexity index is 160. The molecule has 4 heteroatoms. The fourth-order valence-corrected chi connectivity index (χ4v) is 2.11. The summed E-state index contributed by atoms with van der Waals surface area (Å²) in [7, 11) is 6.47. The van der Waals surface area contributed by atoms with Crippen LogP contribution in [-0.2, 0) is 0 Å². The predicted octanol–water partition coefficient (Wildman–Crippen LogP) is 0.964. The maximum atomic E-state index is 8.80. The van der Waals surface area contributed by atoms with Gasteiger partial charge in [0.15, 0.2) is 0 Å². The van der Waals surface area contributed by atoms with Gasteiger partial charge in [-0.3, -0.25) is 0 Å². The maximum Gasteiger partial charge on any atom is 0.0558 e. The molecule has 0 radical (unpaired) electrons. The van der Waals surface area contributed by atoms with Gasteiger partial charge in [0.2, 0.25) is 0 Å². The second-order valence-electron chi connectivity index (χ2n) is 5.34. The summed E-state index contributed by atoms with van der Waals surface area (Å²) < 4.78 is 0. The summed E-state index contributed by atoms with van der Waals surface area (Å²) in [6, 6.07) is 0. The molecular formula is C14H33N3O. The van der Waals surface area contributed by atoms with Crippen molar-refractivity contribution in [3.8, 4) is 0 Å². The Hall–Kier alpha value is -0.160. The summed E-state index contributed by atoms with van der Waals surface area (Å²) in [4.78, 5) is 7.00. The number of hydrogen-bond donors (Lipinski definition) is 1. The Morgan fingerprint density at radius 3 is 1.44 bits per heavy atom. The zero-order chi connectivity index (χ0) is 13.8. The molecular weight excluding hydrogens is 226 g/mol. The number of likely N-dealkylation sites (N-methyl/N-ethyl adjacent to an activating group) is 1. The first-order valence-electron chi connectivity index (χ1n) is 7.26.